The van der Waals surface area contributed by atoms with Crippen LogP contribution in [0.3, 0.4) is 0 Å². The summed E-state index contributed by atoms with van der Waals surface area (Å²) in [6.45, 7) is 3.60. The van der Waals surface area contributed by atoms with Crippen LogP contribution in [0.5, 0.6) is 0 Å². The Balaban J connectivity index is 0.000000376. The van der Waals surface area contributed by atoms with Gasteiger partial charge in [0, 0.05) is 18.2 Å². The van der Waals surface area contributed by atoms with Gasteiger partial charge in [0.15, 0.2) is 0 Å². The molecule has 2 atom stereocenters. The summed E-state index contributed by atoms with van der Waals surface area (Å²) in [5.41, 5.74) is 2.27. The molecule has 3 aromatic rings. The predicted octanol–water partition coefficient (Wildman–Crippen LogP) is 6.15. The number of rotatable bonds is 5. The van der Waals surface area contributed by atoms with Crippen molar-refractivity contribution in [2.45, 2.75) is 44.1 Å². The van der Waals surface area contributed by atoms with Crippen LogP contribution in [0.25, 0.3) is 0 Å². The first-order valence-corrected chi connectivity index (χ1v) is 12.4. The Labute approximate surface area is 198 Å². The molecule has 1 saturated heterocycles. The summed E-state index contributed by atoms with van der Waals surface area (Å²) >= 11 is 0. The highest BCUT2D eigenvalue weighted by Crippen LogP contribution is 2.31. The van der Waals surface area contributed by atoms with Crippen molar-refractivity contribution in [3.05, 3.63) is 108 Å². The lowest BCUT2D eigenvalue weighted by molar-refractivity contribution is 0.0936. The van der Waals surface area contributed by atoms with Gasteiger partial charge in [-0.1, -0.05) is 84.9 Å². The van der Waals surface area contributed by atoms with Crippen molar-refractivity contribution in [2.24, 2.45) is 5.92 Å². The minimum absolute atomic E-state index is 0.0740. The van der Waals surface area contributed by atoms with Gasteiger partial charge < -0.3 is 10.2 Å². The number of hydrogen-bond donors (Lipinski definition) is 1. The van der Waals surface area contributed by atoms with Crippen LogP contribution in [0.1, 0.15) is 53.9 Å². The Hall–Kier alpha value is -2.91. The fourth-order valence-corrected chi connectivity index (χ4v) is 5.15. The van der Waals surface area contributed by atoms with Crippen LogP contribution in [0.2, 0.25) is 0 Å². The molecule has 0 aromatic heterocycles. The molecule has 1 N–H and O–H groups in total. The van der Waals surface area contributed by atoms with Crippen molar-refractivity contribution >= 4 is 5.91 Å². The predicted molar refractivity (Wildman–Crippen MR) is 136 cm³/mol. The normalized spacial score (nSPS) is 21.1. The van der Waals surface area contributed by atoms with Crippen molar-refractivity contribution in [3.8, 4) is 0 Å². The number of amides is 1. The minimum atomic E-state index is 0.0740. The SMILES string of the molecule is O=C(NC1CCC(CN2CCC(c3ccccc3)CC2)C1)c1ccccc1.c1ccccc1. The van der Waals surface area contributed by atoms with Crippen molar-refractivity contribution < 1.29 is 4.79 Å². The van der Waals surface area contributed by atoms with E-state index in [1.807, 2.05) is 66.7 Å². The number of carbonyl (C=O) groups is 1. The van der Waals surface area contributed by atoms with E-state index in [1.165, 1.54) is 44.5 Å². The molecular weight excluding hydrogens is 404 g/mol. The van der Waals surface area contributed by atoms with Crippen LogP contribution in [0, 0.1) is 5.92 Å². The lowest BCUT2D eigenvalue weighted by Gasteiger charge is -2.33. The standard InChI is InChI=1S/C24H30N2O.C6H6/c27-24(22-9-5-2-6-10-22)25-23-12-11-19(17-23)18-26-15-13-21(14-16-26)20-7-3-1-4-8-20;1-2-4-6-5-3-1/h1-10,19,21,23H,11-18H2,(H,25,27);1-6H. The van der Waals surface area contributed by atoms with Crippen LogP contribution in [-0.4, -0.2) is 36.5 Å². The Morgan fingerprint density at radius 2 is 1.27 bits per heavy atom. The van der Waals surface area contributed by atoms with Crippen LogP contribution in [-0.2, 0) is 0 Å². The van der Waals surface area contributed by atoms with E-state index in [-0.39, 0.29) is 5.91 Å². The van der Waals surface area contributed by atoms with E-state index >= 15 is 0 Å². The quantitative estimate of drug-likeness (QED) is 0.516. The van der Waals surface area contributed by atoms with E-state index in [4.69, 9.17) is 0 Å². The molecule has 2 aliphatic rings. The average Bonchev–Trinajstić information content (AvgIpc) is 3.33. The second-order valence-corrected chi connectivity index (χ2v) is 9.36. The third kappa shape index (κ3) is 7.30. The van der Waals surface area contributed by atoms with E-state index in [2.05, 4.69) is 40.5 Å². The lowest BCUT2D eigenvalue weighted by atomic mass is 9.89. The van der Waals surface area contributed by atoms with Gasteiger partial charge in [-0.25, -0.2) is 0 Å². The van der Waals surface area contributed by atoms with Gasteiger partial charge in [-0.05, 0) is 74.7 Å². The maximum atomic E-state index is 12.3. The molecule has 3 heteroatoms. The molecule has 1 heterocycles. The number of benzene rings is 3. The summed E-state index contributed by atoms with van der Waals surface area (Å²) in [6.07, 6.45) is 6.01. The molecule has 1 aliphatic heterocycles. The Bertz CT molecular complexity index is 910. The second-order valence-electron chi connectivity index (χ2n) is 9.36. The monoisotopic (exact) mass is 440 g/mol. The molecule has 3 aromatic carbocycles. The van der Waals surface area contributed by atoms with Crippen molar-refractivity contribution in [1.82, 2.24) is 10.2 Å². The number of likely N-dealkylation sites (tertiary alicyclic amines) is 1. The molecule has 3 nitrogen and oxygen atoms in total. The molecule has 172 valence electrons. The molecule has 1 saturated carbocycles. The molecule has 2 unspecified atom stereocenters. The summed E-state index contributed by atoms with van der Waals surface area (Å²) < 4.78 is 0. The van der Waals surface area contributed by atoms with Crippen molar-refractivity contribution in [3.63, 3.8) is 0 Å². The molecule has 5 rings (SSSR count). The number of hydrogen-bond acceptors (Lipinski definition) is 2. The van der Waals surface area contributed by atoms with Crippen LogP contribution in [0.15, 0.2) is 97.1 Å². The van der Waals surface area contributed by atoms with E-state index in [9.17, 15) is 4.79 Å². The first-order chi connectivity index (χ1) is 16.3. The Morgan fingerprint density at radius 3 is 1.88 bits per heavy atom. The zero-order chi connectivity index (χ0) is 22.7. The molecular formula is C30H36N2O. The van der Waals surface area contributed by atoms with Gasteiger partial charge in [0.2, 0.25) is 0 Å². The highest BCUT2D eigenvalue weighted by Gasteiger charge is 2.29. The summed E-state index contributed by atoms with van der Waals surface area (Å²) in [5.74, 6) is 1.52. The van der Waals surface area contributed by atoms with Gasteiger partial charge in [0.25, 0.3) is 5.91 Å². The fraction of sp³-hybridized carbons (Fsp3) is 0.367. The first-order valence-electron chi connectivity index (χ1n) is 12.4. The molecule has 1 aliphatic carbocycles. The second kappa shape index (κ2) is 12.4. The summed E-state index contributed by atoms with van der Waals surface area (Å²) in [6, 6.07) is 32.9. The molecule has 0 spiro atoms. The maximum Gasteiger partial charge on any atom is 0.251 e. The smallest absolute Gasteiger partial charge is 0.251 e. The highest BCUT2D eigenvalue weighted by molar-refractivity contribution is 5.94. The lowest BCUT2D eigenvalue weighted by Crippen LogP contribution is -2.37. The third-order valence-corrected chi connectivity index (χ3v) is 6.95. The summed E-state index contributed by atoms with van der Waals surface area (Å²) in [4.78, 5) is 15.0. The maximum absolute atomic E-state index is 12.3. The zero-order valence-corrected chi connectivity index (χ0v) is 19.5. The Morgan fingerprint density at radius 1 is 0.727 bits per heavy atom. The number of nitrogens with zero attached hydrogens (tertiary/aromatic N) is 1. The van der Waals surface area contributed by atoms with Gasteiger partial charge in [-0.2, -0.15) is 0 Å². The van der Waals surface area contributed by atoms with Crippen LogP contribution < -0.4 is 5.32 Å². The number of carbonyl (C=O) groups excluding carboxylic acids is 1. The van der Waals surface area contributed by atoms with Gasteiger partial charge in [0.1, 0.15) is 0 Å². The zero-order valence-electron chi connectivity index (χ0n) is 19.5. The minimum Gasteiger partial charge on any atom is -0.349 e. The van der Waals surface area contributed by atoms with Gasteiger partial charge in [-0.3, -0.25) is 4.79 Å². The fourth-order valence-electron chi connectivity index (χ4n) is 5.15. The van der Waals surface area contributed by atoms with Crippen LogP contribution in [0.4, 0.5) is 0 Å². The van der Waals surface area contributed by atoms with Gasteiger partial charge >= 0.3 is 0 Å². The Kier molecular flexibility index (Phi) is 8.71. The topological polar surface area (TPSA) is 32.3 Å². The van der Waals surface area contributed by atoms with Gasteiger partial charge in [-0.15, -0.1) is 0 Å². The first kappa shape index (κ1) is 23.3. The summed E-state index contributed by atoms with van der Waals surface area (Å²) in [5, 5.41) is 3.23. The molecule has 2 fully saturated rings. The van der Waals surface area contributed by atoms with Crippen molar-refractivity contribution in [1.29, 1.82) is 0 Å². The van der Waals surface area contributed by atoms with E-state index in [0.29, 0.717) is 6.04 Å². The largest absolute Gasteiger partial charge is 0.349 e. The molecule has 1 amide bonds. The van der Waals surface area contributed by atoms with E-state index < -0.39 is 0 Å². The number of piperidine rings is 1. The van der Waals surface area contributed by atoms with Crippen molar-refractivity contribution in [2.75, 3.05) is 19.6 Å². The van der Waals surface area contributed by atoms with E-state index in [0.717, 1.165) is 30.2 Å². The van der Waals surface area contributed by atoms with E-state index in [1.54, 1.807) is 0 Å². The van der Waals surface area contributed by atoms with Gasteiger partial charge in [0.05, 0.1) is 0 Å². The van der Waals surface area contributed by atoms with Crippen LogP contribution >= 0.6 is 0 Å². The third-order valence-electron chi connectivity index (χ3n) is 6.95. The molecule has 0 bridgehead atoms. The summed E-state index contributed by atoms with van der Waals surface area (Å²) in [7, 11) is 0. The number of nitrogens with one attached hydrogen (secondary N) is 1. The average molecular weight is 441 g/mol. The molecule has 0 radical (unpaired) electrons. The molecule has 33 heavy (non-hydrogen) atoms. The highest BCUT2D eigenvalue weighted by atomic mass is 16.1.